The van der Waals surface area contributed by atoms with Crippen molar-refractivity contribution < 1.29 is 17.9 Å². The van der Waals surface area contributed by atoms with Gasteiger partial charge in [0.1, 0.15) is 10.6 Å². The number of methoxy groups -OCH3 is 1. The molecule has 2 heterocycles. The maximum Gasteiger partial charge on any atom is 0.281 e. The Morgan fingerprint density at radius 1 is 1.00 bits per heavy atom. The number of hydrogen-bond acceptors (Lipinski definition) is 5. The Hall–Kier alpha value is -3.65. The van der Waals surface area contributed by atoms with Gasteiger partial charge in [0.15, 0.2) is 0 Å². The second-order valence-corrected chi connectivity index (χ2v) is 10.2. The molecular formula is C26H27N3O4S. The fourth-order valence-corrected chi connectivity index (χ4v) is 5.41. The van der Waals surface area contributed by atoms with E-state index in [4.69, 9.17) is 4.74 Å². The van der Waals surface area contributed by atoms with Crippen LogP contribution in [0.3, 0.4) is 0 Å². The molecule has 8 heteroatoms. The molecule has 7 nitrogen and oxygen atoms in total. The zero-order chi connectivity index (χ0) is 24.6. The van der Waals surface area contributed by atoms with Gasteiger partial charge >= 0.3 is 0 Å². The summed E-state index contributed by atoms with van der Waals surface area (Å²) in [6, 6.07) is 14.7. The molecular weight excluding hydrogens is 450 g/mol. The summed E-state index contributed by atoms with van der Waals surface area (Å²) in [5.41, 5.74) is 6.65. The Bertz CT molecular complexity index is 1500. The predicted octanol–water partition coefficient (Wildman–Crippen LogP) is 4.45. The van der Waals surface area contributed by atoms with E-state index < -0.39 is 15.9 Å². The number of rotatable bonds is 6. The minimum Gasteiger partial charge on any atom is -0.480 e. The van der Waals surface area contributed by atoms with E-state index in [0.29, 0.717) is 6.54 Å². The van der Waals surface area contributed by atoms with Gasteiger partial charge in [-0.1, -0.05) is 29.3 Å². The lowest BCUT2D eigenvalue weighted by molar-refractivity contribution is 0.0973. The van der Waals surface area contributed by atoms with Crippen LogP contribution in [0.25, 0.3) is 10.9 Å². The third-order valence-electron chi connectivity index (χ3n) is 5.89. The number of ether oxygens (including phenoxy) is 1. The normalized spacial score (nSPS) is 11.6. The molecule has 0 aliphatic rings. The van der Waals surface area contributed by atoms with Crippen molar-refractivity contribution in [3.8, 4) is 5.88 Å². The number of pyridine rings is 1. The molecule has 1 amide bonds. The lowest BCUT2D eigenvalue weighted by Gasteiger charge is -2.16. The number of aromatic nitrogens is 2. The van der Waals surface area contributed by atoms with Gasteiger partial charge in [-0.05, 0) is 74.7 Å². The van der Waals surface area contributed by atoms with Gasteiger partial charge in [0, 0.05) is 23.6 Å². The Kier molecular flexibility index (Phi) is 6.18. The maximum absolute atomic E-state index is 13.4. The number of fused-ring (bicyclic) bond motifs is 1. The number of aryl methyl sites for hydroxylation is 4. The van der Waals surface area contributed by atoms with Gasteiger partial charge in [-0.25, -0.2) is 18.1 Å². The van der Waals surface area contributed by atoms with Crippen LogP contribution in [0.5, 0.6) is 5.88 Å². The molecule has 0 spiro atoms. The SMILES string of the molecule is COc1ncccc1S(=O)(=O)NC(=O)c1cc2cc(C)ccc2n1Cc1c(C)cc(C)cc1C. The van der Waals surface area contributed by atoms with Gasteiger partial charge in [0.2, 0.25) is 5.88 Å². The molecule has 0 radical (unpaired) electrons. The van der Waals surface area contributed by atoms with Gasteiger partial charge < -0.3 is 9.30 Å². The third-order valence-corrected chi connectivity index (χ3v) is 7.24. The maximum atomic E-state index is 13.4. The monoisotopic (exact) mass is 477 g/mol. The molecule has 0 bridgehead atoms. The van der Waals surface area contributed by atoms with Crippen LogP contribution >= 0.6 is 0 Å². The molecule has 4 rings (SSSR count). The lowest BCUT2D eigenvalue weighted by atomic mass is 9.99. The molecule has 34 heavy (non-hydrogen) atoms. The fourth-order valence-electron chi connectivity index (χ4n) is 4.33. The molecule has 0 aliphatic carbocycles. The summed E-state index contributed by atoms with van der Waals surface area (Å²) in [6.45, 7) is 8.55. The van der Waals surface area contributed by atoms with E-state index in [2.05, 4.69) is 21.8 Å². The van der Waals surface area contributed by atoms with Crippen molar-refractivity contribution in [2.24, 2.45) is 0 Å². The summed E-state index contributed by atoms with van der Waals surface area (Å²) < 4.78 is 35.2. The molecule has 1 N–H and O–H groups in total. The van der Waals surface area contributed by atoms with Crippen LogP contribution in [0.4, 0.5) is 0 Å². The van der Waals surface area contributed by atoms with Crippen molar-refractivity contribution in [2.45, 2.75) is 39.1 Å². The van der Waals surface area contributed by atoms with Gasteiger partial charge in [0.05, 0.1) is 7.11 Å². The van der Waals surface area contributed by atoms with Crippen molar-refractivity contribution in [1.82, 2.24) is 14.3 Å². The van der Waals surface area contributed by atoms with E-state index in [1.54, 1.807) is 6.07 Å². The zero-order valence-corrected chi connectivity index (χ0v) is 20.7. The molecule has 0 saturated heterocycles. The highest BCUT2D eigenvalue weighted by Crippen LogP contribution is 2.26. The first-order valence-electron chi connectivity index (χ1n) is 10.8. The Morgan fingerprint density at radius 3 is 2.38 bits per heavy atom. The van der Waals surface area contributed by atoms with Crippen molar-refractivity contribution in [2.75, 3.05) is 7.11 Å². The molecule has 0 fully saturated rings. The second kappa shape index (κ2) is 8.95. The van der Waals surface area contributed by atoms with Crippen molar-refractivity contribution in [1.29, 1.82) is 0 Å². The van der Waals surface area contributed by atoms with Crippen LogP contribution in [-0.4, -0.2) is 31.0 Å². The number of amides is 1. The zero-order valence-electron chi connectivity index (χ0n) is 19.8. The van der Waals surface area contributed by atoms with E-state index in [1.807, 2.05) is 50.5 Å². The quantitative estimate of drug-likeness (QED) is 0.443. The summed E-state index contributed by atoms with van der Waals surface area (Å²) in [7, 11) is -2.88. The van der Waals surface area contributed by atoms with Crippen molar-refractivity contribution in [3.05, 3.63) is 88.2 Å². The number of hydrogen-bond donors (Lipinski definition) is 1. The largest absolute Gasteiger partial charge is 0.480 e. The minimum atomic E-state index is -4.21. The smallest absolute Gasteiger partial charge is 0.281 e. The molecule has 0 saturated carbocycles. The number of carbonyl (C=O) groups excluding carboxylic acids is 1. The minimum absolute atomic E-state index is 0.0788. The highest BCUT2D eigenvalue weighted by Gasteiger charge is 2.26. The van der Waals surface area contributed by atoms with Gasteiger partial charge in [-0.2, -0.15) is 0 Å². The molecule has 0 unspecified atom stereocenters. The molecule has 176 valence electrons. The topological polar surface area (TPSA) is 90.3 Å². The fraction of sp³-hybridized carbons (Fsp3) is 0.231. The molecule has 0 aliphatic heterocycles. The molecule has 2 aromatic carbocycles. The van der Waals surface area contributed by atoms with Crippen LogP contribution in [0.1, 0.15) is 38.3 Å². The van der Waals surface area contributed by atoms with E-state index in [0.717, 1.165) is 33.2 Å². The second-order valence-electron chi connectivity index (χ2n) is 8.50. The number of benzene rings is 2. The van der Waals surface area contributed by atoms with Gasteiger partial charge in [-0.3, -0.25) is 4.79 Å². The third kappa shape index (κ3) is 4.41. The first-order chi connectivity index (χ1) is 16.1. The Morgan fingerprint density at radius 2 is 1.71 bits per heavy atom. The summed E-state index contributed by atoms with van der Waals surface area (Å²) in [4.78, 5) is 17.1. The highest BCUT2D eigenvalue weighted by molar-refractivity contribution is 7.90. The van der Waals surface area contributed by atoms with E-state index in [9.17, 15) is 13.2 Å². The molecule has 0 atom stereocenters. The lowest BCUT2D eigenvalue weighted by Crippen LogP contribution is -2.32. The summed E-state index contributed by atoms with van der Waals surface area (Å²) in [5.74, 6) is -0.799. The number of carbonyl (C=O) groups is 1. The number of nitrogens with zero attached hydrogens (tertiary/aromatic N) is 2. The van der Waals surface area contributed by atoms with Gasteiger partial charge in [-0.15, -0.1) is 0 Å². The van der Waals surface area contributed by atoms with Crippen molar-refractivity contribution >= 4 is 26.8 Å². The summed E-state index contributed by atoms with van der Waals surface area (Å²) >= 11 is 0. The van der Waals surface area contributed by atoms with Crippen LogP contribution in [0.2, 0.25) is 0 Å². The van der Waals surface area contributed by atoms with Crippen molar-refractivity contribution in [3.63, 3.8) is 0 Å². The highest BCUT2D eigenvalue weighted by atomic mass is 32.2. The average Bonchev–Trinajstić information content (AvgIpc) is 3.13. The first kappa shape index (κ1) is 23.5. The Labute approximate surface area is 199 Å². The number of nitrogens with one attached hydrogen (secondary N) is 1. The van der Waals surface area contributed by atoms with Gasteiger partial charge in [0.25, 0.3) is 15.9 Å². The first-order valence-corrected chi connectivity index (χ1v) is 12.3. The molecule has 2 aromatic heterocycles. The van der Waals surface area contributed by atoms with Crippen LogP contribution in [-0.2, 0) is 16.6 Å². The summed E-state index contributed by atoms with van der Waals surface area (Å²) in [6.07, 6.45) is 1.42. The van der Waals surface area contributed by atoms with Crippen LogP contribution in [0, 0.1) is 27.7 Å². The van der Waals surface area contributed by atoms with E-state index >= 15 is 0 Å². The Balaban J connectivity index is 1.80. The van der Waals surface area contributed by atoms with E-state index in [1.165, 1.54) is 31.0 Å². The van der Waals surface area contributed by atoms with Crippen LogP contribution in [0.15, 0.2) is 59.6 Å². The average molecular weight is 478 g/mol. The standard InChI is InChI=1S/C26H27N3O4S/c1-16-8-9-22-20(13-16)14-23(29(22)15-21-18(3)11-17(2)12-19(21)4)25(30)28-34(31,32)24-7-6-10-27-26(24)33-5/h6-14H,15H2,1-5H3,(H,28,30). The molecule has 4 aromatic rings. The predicted molar refractivity (Wildman–Crippen MR) is 132 cm³/mol. The summed E-state index contributed by atoms with van der Waals surface area (Å²) in [5, 5.41) is 0.865. The number of sulfonamides is 1. The van der Waals surface area contributed by atoms with E-state index in [-0.39, 0.29) is 16.5 Å². The van der Waals surface area contributed by atoms with Crippen LogP contribution < -0.4 is 9.46 Å².